The molecule has 2 heterocycles. The van der Waals surface area contributed by atoms with Crippen molar-refractivity contribution in [2.75, 3.05) is 26.4 Å². The van der Waals surface area contributed by atoms with Crippen LogP contribution in [0.5, 0.6) is 0 Å². The predicted octanol–water partition coefficient (Wildman–Crippen LogP) is 0.466. The molecule has 0 amide bonds. The van der Waals surface area contributed by atoms with Gasteiger partial charge in [0.05, 0.1) is 13.2 Å². The molecule has 2 aliphatic heterocycles. The molecule has 76 valence electrons. The molecule has 5 heteroatoms. The molecular formula is C8H14O5. The highest BCUT2D eigenvalue weighted by Gasteiger charge is 2.25. The Labute approximate surface area is 77.0 Å². The van der Waals surface area contributed by atoms with Gasteiger partial charge in [-0.15, -0.1) is 13.2 Å². The van der Waals surface area contributed by atoms with Crippen LogP contribution in [-0.2, 0) is 24.3 Å². The molecule has 0 aliphatic carbocycles. The van der Waals surface area contributed by atoms with Crippen molar-refractivity contribution < 1.29 is 24.3 Å². The first-order valence-corrected chi connectivity index (χ1v) is 4.09. The zero-order valence-electron chi connectivity index (χ0n) is 7.44. The first-order chi connectivity index (χ1) is 6.45. The largest absolute Gasteiger partial charge is 0.370 e. The average molecular weight is 190 g/mol. The third-order valence-corrected chi connectivity index (χ3v) is 1.41. The van der Waals surface area contributed by atoms with Gasteiger partial charge in [0.2, 0.25) is 0 Å². The second-order valence-corrected chi connectivity index (χ2v) is 2.55. The maximum absolute atomic E-state index is 4.86. The molecule has 2 rings (SSSR count). The Balaban J connectivity index is 0.000000396. The Morgan fingerprint density at radius 3 is 1.69 bits per heavy atom. The molecule has 0 bridgehead atoms. The van der Waals surface area contributed by atoms with E-state index in [1.807, 2.05) is 0 Å². The van der Waals surface area contributed by atoms with Gasteiger partial charge in [0, 0.05) is 0 Å². The first kappa shape index (κ1) is 10.6. The van der Waals surface area contributed by atoms with Crippen LogP contribution in [-0.4, -0.2) is 38.6 Å². The van der Waals surface area contributed by atoms with Gasteiger partial charge < -0.3 is 9.47 Å². The van der Waals surface area contributed by atoms with Crippen LogP contribution >= 0.6 is 0 Å². The Morgan fingerprint density at radius 1 is 1.00 bits per heavy atom. The zero-order valence-corrected chi connectivity index (χ0v) is 7.44. The minimum absolute atomic E-state index is 0.204. The Kier molecular flexibility index (Phi) is 4.95. The van der Waals surface area contributed by atoms with Crippen LogP contribution in [0.15, 0.2) is 13.2 Å². The van der Waals surface area contributed by atoms with E-state index < -0.39 is 0 Å². The lowest BCUT2D eigenvalue weighted by atomic mass is 10.5. The lowest BCUT2D eigenvalue weighted by Crippen LogP contribution is -2.06. The summed E-state index contributed by atoms with van der Waals surface area (Å²) in [5.74, 6) is 0. The molecule has 0 spiro atoms. The summed E-state index contributed by atoms with van der Waals surface area (Å²) in [5, 5.41) is 4.38. The fourth-order valence-electron chi connectivity index (χ4n) is 0.570. The van der Waals surface area contributed by atoms with Crippen molar-refractivity contribution in [3.8, 4) is 0 Å². The summed E-state index contributed by atoms with van der Waals surface area (Å²) in [6.45, 7) is 8.39. The van der Waals surface area contributed by atoms with E-state index in [-0.39, 0.29) is 12.2 Å². The van der Waals surface area contributed by atoms with Crippen LogP contribution in [0.2, 0.25) is 0 Å². The molecule has 2 unspecified atom stereocenters. The van der Waals surface area contributed by atoms with Gasteiger partial charge in [0.15, 0.2) is 0 Å². The van der Waals surface area contributed by atoms with Gasteiger partial charge in [0.1, 0.15) is 25.4 Å². The zero-order chi connectivity index (χ0) is 9.52. The van der Waals surface area contributed by atoms with Crippen LogP contribution in [0, 0.1) is 0 Å². The first-order valence-electron chi connectivity index (χ1n) is 4.09. The van der Waals surface area contributed by atoms with Crippen molar-refractivity contribution in [3.05, 3.63) is 13.2 Å². The van der Waals surface area contributed by atoms with E-state index in [9.17, 15) is 0 Å². The highest BCUT2D eigenvalue weighted by molar-refractivity contribution is 4.66. The van der Waals surface area contributed by atoms with Crippen molar-refractivity contribution in [1.82, 2.24) is 0 Å². The molecule has 0 saturated carbocycles. The summed E-state index contributed by atoms with van der Waals surface area (Å²) in [6, 6.07) is 0. The second-order valence-electron chi connectivity index (χ2n) is 2.55. The topological polar surface area (TPSA) is 52.8 Å². The van der Waals surface area contributed by atoms with Gasteiger partial charge in [-0.05, 0) is 0 Å². The van der Waals surface area contributed by atoms with E-state index in [1.165, 1.54) is 0 Å². The van der Waals surface area contributed by atoms with Gasteiger partial charge in [-0.1, -0.05) is 5.04 Å². The van der Waals surface area contributed by atoms with Crippen LogP contribution in [0.3, 0.4) is 0 Å². The number of hydrogen-bond donors (Lipinski definition) is 0. The maximum Gasteiger partial charge on any atom is 0.114 e. The van der Waals surface area contributed by atoms with E-state index in [2.05, 4.69) is 28.0 Å². The molecule has 0 aromatic heterocycles. The van der Waals surface area contributed by atoms with Gasteiger partial charge >= 0.3 is 0 Å². The van der Waals surface area contributed by atoms with Crippen molar-refractivity contribution in [1.29, 1.82) is 0 Å². The molecule has 13 heavy (non-hydrogen) atoms. The van der Waals surface area contributed by atoms with E-state index >= 15 is 0 Å². The lowest BCUT2D eigenvalue weighted by Gasteiger charge is -1.98. The molecular weight excluding hydrogens is 176 g/mol. The lowest BCUT2D eigenvalue weighted by molar-refractivity contribution is -0.513. The van der Waals surface area contributed by atoms with Gasteiger partial charge in [-0.3, -0.25) is 0 Å². The fraction of sp³-hybridized carbons (Fsp3) is 0.750. The Hall–Kier alpha value is -0.460. The number of rotatable bonds is 6. The molecule has 0 aromatic rings. The van der Waals surface area contributed by atoms with Crippen molar-refractivity contribution in [3.63, 3.8) is 0 Å². The highest BCUT2D eigenvalue weighted by Crippen LogP contribution is 2.10. The Morgan fingerprint density at radius 2 is 1.38 bits per heavy atom. The van der Waals surface area contributed by atoms with Crippen molar-refractivity contribution in [2.24, 2.45) is 0 Å². The summed E-state index contributed by atoms with van der Waals surface area (Å²) in [7, 11) is 0. The normalized spacial score (nSPS) is 28.9. The number of ether oxygens (including phenoxy) is 2. The SMILES string of the molecule is C(OOOCC1CO1)C1CO1.C=C. The average Bonchev–Trinajstić information content (AvgIpc) is 3.03. The monoisotopic (exact) mass is 190 g/mol. The second kappa shape index (κ2) is 6.06. The third-order valence-electron chi connectivity index (χ3n) is 1.41. The summed E-state index contributed by atoms with van der Waals surface area (Å²) >= 11 is 0. The standard InChI is InChI=1S/C6H10O5.C2H4/c1-5(7-1)3-9-11-10-4-6-2-8-6;1-2/h5-6H,1-4H2;1-2H2. The molecule has 0 radical (unpaired) electrons. The van der Waals surface area contributed by atoms with Crippen molar-refractivity contribution >= 4 is 0 Å². The van der Waals surface area contributed by atoms with Crippen LogP contribution in [0.4, 0.5) is 0 Å². The number of epoxide rings is 2. The minimum Gasteiger partial charge on any atom is -0.370 e. The maximum atomic E-state index is 4.86. The van der Waals surface area contributed by atoms with Crippen LogP contribution in [0.25, 0.3) is 0 Å². The molecule has 2 saturated heterocycles. The van der Waals surface area contributed by atoms with Gasteiger partial charge in [-0.2, -0.15) is 0 Å². The number of hydrogen-bond acceptors (Lipinski definition) is 5. The fourth-order valence-corrected chi connectivity index (χ4v) is 0.570. The minimum atomic E-state index is 0.204. The predicted molar refractivity (Wildman–Crippen MR) is 43.7 cm³/mol. The summed E-state index contributed by atoms with van der Waals surface area (Å²) in [5.41, 5.74) is 0. The van der Waals surface area contributed by atoms with Crippen LogP contribution < -0.4 is 0 Å². The summed E-state index contributed by atoms with van der Waals surface area (Å²) < 4.78 is 9.73. The quantitative estimate of drug-likeness (QED) is 0.200. The van der Waals surface area contributed by atoms with Gasteiger partial charge in [0.25, 0.3) is 0 Å². The van der Waals surface area contributed by atoms with E-state index in [0.717, 1.165) is 13.2 Å². The molecule has 0 N–H and O–H groups in total. The molecule has 0 aromatic carbocycles. The van der Waals surface area contributed by atoms with E-state index in [4.69, 9.17) is 9.47 Å². The van der Waals surface area contributed by atoms with Gasteiger partial charge in [-0.25, -0.2) is 9.78 Å². The smallest absolute Gasteiger partial charge is 0.114 e. The summed E-state index contributed by atoms with van der Waals surface area (Å²) in [6.07, 6.45) is 0.409. The van der Waals surface area contributed by atoms with Crippen molar-refractivity contribution in [2.45, 2.75) is 12.2 Å². The molecule has 2 aliphatic rings. The van der Waals surface area contributed by atoms with Crippen LogP contribution in [0.1, 0.15) is 0 Å². The summed E-state index contributed by atoms with van der Waals surface area (Å²) in [4.78, 5) is 9.27. The third kappa shape index (κ3) is 5.73. The molecule has 5 nitrogen and oxygen atoms in total. The Bertz CT molecular complexity index is 118. The molecule has 2 atom stereocenters. The van der Waals surface area contributed by atoms with E-state index in [0.29, 0.717) is 13.2 Å². The molecule has 2 fully saturated rings. The van der Waals surface area contributed by atoms with E-state index in [1.54, 1.807) is 0 Å². The highest BCUT2D eigenvalue weighted by atomic mass is 17.5.